The van der Waals surface area contributed by atoms with Gasteiger partial charge in [-0.2, -0.15) is 5.10 Å². The monoisotopic (exact) mass is 439 g/mol. The van der Waals surface area contributed by atoms with Gasteiger partial charge in [-0.1, -0.05) is 18.1 Å². The van der Waals surface area contributed by atoms with Crippen molar-refractivity contribution in [2.75, 3.05) is 5.32 Å². The van der Waals surface area contributed by atoms with E-state index in [1.165, 1.54) is 18.3 Å². The van der Waals surface area contributed by atoms with E-state index in [0.717, 1.165) is 22.5 Å². The lowest BCUT2D eigenvalue weighted by molar-refractivity contribution is 0.500. The smallest absolute Gasteiger partial charge is 0.223 e. The number of anilines is 1. The summed E-state index contributed by atoms with van der Waals surface area (Å²) in [6, 6.07) is 13.1. The number of aromatic amines is 1. The summed E-state index contributed by atoms with van der Waals surface area (Å²) in [5.74, 6) is 4.93. The molecule has 160 valence electrons. The fourth-order valence-corrected chi connectivity index (χ4v) is 3.14. The molecule has 0 bridgehead atoms. The third kappa shape index (κ3) is 4.50. The Kier molecular flexibility index (Phi) is 5.39. The first-order chi connectivity index (χ1) is 16.2. The van der Waals surface area contributed by atoms with Crippen molar-refractivity contribution in [3.8, 4) is 23.4 Å². The molecule has 5 aromatic rings. The number of benzene rings is 2. The number of fused-ring (bicyclic) bond motifs is 1. The Bertz CT molecular complexity index is 1520. The van der Waals surface area contributed by atoms with E-state index in [9.17, 15) is 8.78 Å². The third-order valence-electron chi connectivity index (χ3n) is 4.78. The molecule has 0 saturated heterocycles. The molecule has 0 spiro atoms. The summed E-state index contributed by atoms with van der Waals surface area (Å²) in [5, 5.41) is 10.8. The minimum absolute atomic E-state index is 0.0282. The minimum Gasteiger partial charge on any atom is -0.350 e. The molecule has 5 rings (SSSR count). The highest BCUT2D eigenvalue weighted by Crippen LogP contribution is 2.16. The Labute approximate surface area is 187 Å². The zero-order chi connectivity index (χ0) is 22.6. The average molecular weight is 439 g/mol. The first-order valence-corrected chi connectivity index (χ1v) is 9.94. The van der Waals surface area contributed by atoms with Gasteiger partial charge in [0.15, 0.2) is 17.5 Å². The van der Waals surface area contributed by atoms with Crippen molar-refractivity contribution in [1.82, 2.24) is 30.1 Å². The summed E-state index contributed by atoms with van der Waals surface area (Å²) < 4.78 is 27.2. The van der Waals surface area contributed by atoms with E-state index in [1.807, 2.05) is 18.2 Å². The van der Waals surface area contributed by atoms with Crippen LogP contribution in [0.4, 0.5) is 14.7 Å². The molecule has 0 saturated carbocycles. The molecule has 0 aliphatic heterocycles. The van der Waals surface area contributed by atoms with Crippen LogP contribution in [0.5, 0.6) is 0 Å². The van der Waals surface area contributed by atoms with Crippen LogP contribution >= 0.6 is 0 Å². The number of halogens is 2. The van der Waals surface area contributed by atoms with E-state index in [2.05, 4.69) is 47.3 Å². The van der Waals surface area contributed by atoms with Crippen molar-refractivity contribution < 1.29 is 8.78 Å². The van der Waals surface area contributed by atoms with Crippen LogP contribution in [0.2, 0.25) is 0 Å². The second kappa shape index (κ2) is 8.80. The lowest BCUT2D eigenvalue weighted by atomic mass is 10.1. The van der Waals surface area contributed by atoms with Crippen LogP contribution in [0.25, 0.3) is 22.4 Å². The van der Waals surface area contributed by atoms with Gasteiger partial charge in [-0.3, -0.25) is 5.10 Å². The van der Waals surface area contributed by atoms with Crippen molar-refractivity contribution in [3.05, 3.63) is 95.6 Å². The SMILES string of the molecule is Fc1cccc(CNc2nccc(-c3nccc(C#Cc4ccc5[nH]ncc5c4)n3)n2)c1F. The highest BCUT2D eigenvalue weighted by atomic mass is 19.2. The van der Waals surface area contributed by atoms with E-state index < -0.39 is 11.6 Å². The normalized spacial score (nSPS) is 10.6. The molecule has 0 aliphatic rings. The Morgan fingerprint density at radius 1 is 0.939 bits per heavy atom. The van der Waals surface area contributed by atoms with Crippen LogP contribution in [-0.2, 0) is 6.54 Å². The number of nitrogens with zero attached hydrogens (tertiary/aromatic N) is 5. The van der Waals surface area contributed by atoms with E-state index in [0.29, 0.717) is 17.2 Å². The fraction of sp³-hybridized carbons (Fsp3) is 0.0417. The van der Waals surface area contributed by atoms with Crippen molar-refractivity contribution in [2.45, 2.75) is 6.54 Å². The minimum atomic E-state index is -0.903. The number of hydrogen-bond acceptors (Lipinski definition) is 6. The molecular weight excluding hydrogens is 424 g/mol. The molecule has 0 fully saturated rings. The van der Waals surface area contributed by atoms with Crippen molar-refractivity contribution >= 4 is 16.9 Å². The molecule has 0 unspecified atom stereocenters. The predicted molar refractivity (Wildman–Crippen MR) is 119 cm³/mol. The number of aromatic nitrogens is 6. The Balaban J connectivity index is 1.35. The molecule has 3 heterocycles. The number of nitrogens with one attached hydrogen (secondary N) is 2. The Hall–Kier alpha value is -4.71. The molecule has 2 N–H and O–H groups in total. The zero-order valence-corrected chi connectivity index (χ0v) is 17.0. The van der Waals surface area contributed by atoms with Gasteiger partial charge in [0.05, 0.1) is 11.7 Å². The van der Waals surface area contributed by atoms with Crippen LogP contribution in [0.3, 0.4) is 0 Å². The predicted octanol–water partition coefficient (Wildman–Crippen LogP) is 4.10. The molecule has 0 radical (unpaired) electrons. The van der Waals surface area contributed by atoms with Gasteiger partial charge in [0.25, 0.3) is 0 Å². The van der Waals surface area contributed by atoms with E-state index in [4.69, 9.17) is 0 Å². The Morgan fingerprint density at radius 2 is 1.85 bits per heavy atom. The van der Waals surface area contributed by atoms with Gasteiger partial charge in [-0.05, 0) is 42.3 Å². The maximum atomic E-state index is 13.9. The largest absolute Gasteiger partial charge is 0.350 e. The molecule has 33 heavy (non-hydrogen) atoms. The summed E-state index contributed by atoms with van der Waals surface area (Å²) in [7, 11) is 0. The number of H-pyrrole nitrogens is 1. The second-order valence-corrected chi connectivity index (χ2v) is 7.02. The summed E-state index contributed by atoms with van der Waals surface area (Å²) in [4.78, 5) is 17.2. The number of hydrogen-bond donors (Lipinski definition) is 2. The van der Waals surface area contributed by atoms with Gasteiger partial charge in [-0.15, -0.1) is 0 Å². The summed E-state index contributed by atoms with van der Waals surface area (Å²) in [5.41, 5.74) is 2.95. The standard InChI is InChI=1S/C24H15F2N7/c25-19-3-1-2-16(22(19)26)13-29-24-28-11-9-21(32-24)23-27-10-8-18(31-23)6-4-15-5-7-20-17(12-15)14-30-33-20/h1-3,5,7-12,14H,13H2,(H,30,33)(H,28,29,32). The quantitative estimate of drug-likeness (QED) is 0.410. The van der Waals surface area contributed by atoms with Crippen LogP contribution in [0.1, 0.15) is 16.8 Å². The molecule has 0 amide bonds. The molecule has 0 aliphatic carbocycles. The molecule has 2 aromatic carbocycles. The Morgan fingerprint density at radius 3 is 2.79 bits per heavy atom. The lowest BCUT2D eigenvalue weighted by Crippen LogP contribution is -2.07. The molecular formula is C24H15F2N7. The highest BCUT2D eigenvalue weighted by Gasteiger charge is 2.09. The van der Waals surface area contributed by atoms with Crippen LogP contribution in [-0.4, -0.2) is 30.1 Å². The molecule has 9 heteroatoms. The van der Waals surface area contributed by atoms with Crippen molar-refractivity contribution in [1.29, 1.82) is 0 Å². The van der Waals surface area contributed by atoms with Gasteiger partial charge in [0.1, 0.15) is 11.4 Å². The van der Waals surface area contributed by atoms with Gasteiger partial charge >= 0.3 is 0 Å². The summed E-state index contributed by atoms with van der Waals surface area (Å²) >= 11 is 0. The summed E-state index contributed by atoms with van der Waals surface area (Å²) in [6.45, 7) is 0.0282. The van der Waals surface area contributed by atoms with E-state index >= 15 is 0 Å². The second-order valence-electron chi connectivity index (χ2n) is 7.02. The average Bonchev–Trinajstić information content (AvgIpc) is 3.32. The number of rotatable bonds is 4. The van der Waals surface area contributed by atoms with Gasteiger partial charge in [-0.25, -0.2) is 28.7 Å². The van der Waals surface area contributed by atoms with Crippen molar-refractivity contribution in [3.63, 3.8) is 0 Å². The fourth-order valence-electron chi connectivity index (χ4n) is 3.14. The van der Waals surface area contributed by atoms with Gasteiger partial charge in [0.2, 0.25) is 5.95 Å². The van der Waals surface area contributed by atoms with Gasteiger partial charge in [0, 0.05) is 35.5 Å². The maximum Gasteiger partial charge on any atom is 0.223 e. The van der Waals surface area contributed by atoms with E-state index in [-0.39, 0.29) is 18.1 Å². The zero-order valence-electron chi connectivity index (χ0n) is 17.0. The highest BCUT2D eigenvalue weighted by molar-refractivity contribution is 5.79. The molecule has 0 atom stereocenters. The van der Waals surface area contributed by atoms with Crippen LogP contribution in [0.15, 0.2) is 67.1 Å². The molecule has 3 aromatic heterocycles. The van der Waals surface area contributed by atoms with E-state index in [1.54, 1.807) is 24.5 Å². The van der Waals surface area contributed by atoms with Crippen LogP contribution in [0, 0.1) is 23.5 Å². The van der Waals surface area contributed by atoms with Crippen LogP contribution < -0.4 is 5.32 Å². The van der Waals surface area contributed by atoms with Crippen molar-refractivity contribution in [2.24, 2.45) is 0 Å². The molecule has 7 nitrogen and oxygen atoms in total. The first-order valence-electron chi connectivity index (χ1n) is 9.94. The van der Waals surface area contributed by atoms with Gasteiger partial charge < -0.3 is 5.32 Å². The lowest BCUT2D eigenvalue weighted by Gasteiger charge is -2.07. The third-order valence-corrected chi connectivity index (χ3v) is 4.78. The maximum absolute atomic E-state index is 13.9. The topological polar surface area (TPSA) is 92.3 Å². The summed E-state index contributed by atoms with van der Waals surface area (Å²) in [6.07, 6.45) is 4.88. The first kappa shape index (κ1) is 20.2.